The van der Waals surface area contributed by atoms with Crippen LogP contribution in [-0.4, -0.2) is 139 Å². The van der Waals surface area contributed by atoms with Gasteiger partial charge in [-0.3, -0.25) is 14.4 Å². The number of nitrogens with zero attached hydrogens (tertiary/aromatic N) is 5. The highest BCUT2D eigenvalue weighted by atomic mass is 35.5. The van der Waals surface area contributed by atoms with Gasteiger partial charge in [-0.15, -0.1) is 0 Å². The van der Waals surface area contributed by atoms with E-state index in [0.29, 0.717) is 77.7 Å². The van der Waals surface area contributed by atoms with Crippen LogP contribution in [0, 0.1) is 11.8 Å². The summed E-state index contributed by atoms with van der Waals surface area (Å²) in [6.45, 7) is 1.74. The Morgan fingerprint density at radius 1 is 0.883 bits per heavy atom. The Morgan fingerprint density at radius 3 is 2.10 bits per heavy atom. The van der Waals surface area contributed by atoms with Crippen LogP contribution >= 0.6 is 11.6 Å². The molecule has 6 amide bonds. The number of likely N-dealkylation sites (N-methyl/N-ethyl adjacent to an activating group) is 1. The summed E-state index contributed by atoms with van der Waals surface area (Å²) in [5.41, 5.74) is 5.68. The second-order valence-corrected chi connectivity index (χ2v) is 16.4. The lowest BCUT2D eigenvalue weighted by molar-refractivity contribution is -0.163. The predicted octanol–water partition coefficient (Wildman–Crippen LogP) is 4.65. The maximum atomic E-state index is 14.2. The van der Waals surface area contributed by atoms with Gasteiger partial charge in [-0.25, -0.2) is 14.4 Å². The summed E-state index contributed by atoms with van der Waals surface area (Å²) < 4.78 is 52.5. The van der Waals surface area contributed by atoms with Crippen molar-refractivity contribution in [2.75, 3.05) is 77.6 Å². The predicted molar refractivity (Wildman–Crippen MR) is 214 cm³/mol. The van der Waals surface area contributed by atoms with Gasteiger partial charge in [0.25, 0.3) is 11.8 Å². The molecule has 60 heavy (non-hydrogen) atoms. The molecule has 19 heteroatoms. The number of hydrogen-bond acceptors (Lipinski definition) is 9. The van der Waals surface area contributed by atoms with E-state index in [4.69, 9.17) is 26.8 Å². The maximum absolute atomic E-state index is 14.2. The number of rotatable bonds is 8. The zero-order valence-electron chi connectivity index (χ0n) is 33.7. The molecule has 326 valence electrons. The van der Waals surface area contributed by atoms with Crippen molar-refractivity contribution in [3.8, 4) is 0 Å². The van der Waals surface area contributed by atoms with Crippen LogP contribution in [0.5, 0.6) is 0 Å². The van der Waals surface area contributed by atoms with Crippen LogP contribution in [0.15, 0.2) is 36.4 Å². The number of nitrogens with one attached hydrogen (secondary N) is 1. The van der Waals surface area contributed by atoms with Crippen molar-refractivity contribution < 1.29 is 51.4 Å². The Bertz CT molecular complexity index is 1940. The molecule has 2 aromatic carbocycles. The molecule has 6 rings (SSSR count). The molecule has 4 heterocycles. The van der Waals surface area contributed by atoms with Gasteiger partial charge >= 0.3 is 30.2 Å². The third-order valence-corrected chi connectivity index (χ3v) is 12.4. The summed E-state index contributed by atoms with van der Waals surface area (Å²) in [5, 5.41) is 2.63. The highest BCUT2D eigenvalue weighted by molar-refractivity contribution is 6.33. The molecule has 4 aliphatic heterocycles. The Balaban J connectivity index is 1.06. The Morgan fingerprint density at radius 2 is 1.48 bits per heavy atom. The molecule has 0 bridgehead atoms. The number of carbonyl (C=O) groups is 6. The third-order valence-electron chi connectivity index (χ3n) is 12.1. The SMILES string of the molecule is CN(C)C(=O)COC(=O)C(=O)N1CCC(C2CCN(C(=O)[C@@H](Cc3cc(Cl)c(N)c(C(F)(F)F)c3)OC(=O)N3CCC(N4CCc5ccccc5NC4=O)CC3)CC2)CC1. The van der Waals surface area contributed by atoms with Gasteiger partial charge in [0.05, 0.1) is 16.3 Å². The van der Waals surface area contributed by atoms with Crippen LogP contribution in [0.25, 0.3) is 0 Å². The summed E-state index contributed by atoms with van der Waals surface area (Å²) in [6, 6.07) is 9.30. The van der Waals surface area contributed by atoms with Crippen molar-refractivity contribution in [1.29, 1.82) is 0 Å². The van der Waals surface area contributed by atoms with Gasteiger partial charge in [-0.05, 0) is 86.1 Å². The number of likely N-dealkylation sites (tertiary alicyclic amines) is 3. The summed E-state index contributed by atoms with van der Waals surface area (Å²) >= 11 is 6.13. The number of amides is 6. The van der Waals surface area contributed by atoms with Crippen LogP contribution in [0.2, 0.25) is 5.02 Å². The van der Waals surface area contributed by atoms with Gasteiger partial charge in [-0.1, -0.05) is 29.8 Å². The quantitative estimate of drug-likeness (QED) is 0.218. The standard InChI is InChI=1S/C41H51ClF3N7O8/c1-48(2)34(53)24-59-38(56)37(55)50-16-9-27(10-17-50)26-7-14-49(15-8-26)36(54)33(23-25-21-30(41(43,44)45)35(46)31(42)22-25)60-40(58)51-18-12-29(13-19-51)52-20-11-28-5-3-4-6-32(28)47-39(52)57/h3-6,21-22,26-27,29,33H,7-20,23-24,46H2,1-2H3,(H,47,57)/t33-/m1/s1. The van der Waals surface area contributed by atoms with E-state index >= 15 is 0 Å². The monoisotopic (exact) mass is 861 g/mol. The first kappa shape index (κ1) is 44.3. The van der Waals surface area contributed by atoms with E-state index < -0.39 is 59.9 Å². The first-order valence-corrected chi connectivity index (χ1v) is 20.6. The fourth-order valence-electron chi connectivity index (χ4n) is 8.53. The van der Waals surface area contributed by atoms with Gasteiger partial charge in [0.15, 0.2) is 12.7 Å². The fraction of sp³-hybridized carbons (Fsp3) is 0.561. The lowest BCUT2D eigenvalue weighted by atomic mass is 9.78. The zero-order chi connectivity index (χ0) is 43.3. The van der Waals surface area contributed by atoms with Crippen molar-refractivity contribution in [1.82, 2.24) is 24.5 Å². The van der Waals surface area contributed by atoms with E-state index in [9.17, 15) is 41.9 Å². The van der Waals surface area contributed by atoms with Gasteiger partial charge < -0.3 is 45.0 Å². The molecule has 0 unspecified atom stereocenters. The first-order chi connectivity index (χ1) is 28.5. The van der Waals surface area contributed by atoms with Crippen molar-refractivity contribution >= 4 is 58.8 Å². The zero-order valence-corrected chi connectivity index (χ0v) is 34.4. The number of ether oxygens (including phenoxy) is 2. The lowest BCUT2D eigenvalue weighted by Gasteiger charge is -2.41. The number of nitrogens with two attached hydrogens (primary N) is 1. The molecule has 1 atom stereocenters. The van der Waals surface area contributed by atoms with Crippen LogP contribution in [0.1, 0.15) is 55.2 Å². The topological polar surface area (TPSA) is 175 Å². The van der Waals surface area contributed by atoms with Gasteiger partial charge in [0.1, 0.15) is 0 Å². The lowest BCUT2D eigenvalue weighted by Crippen LogP contribution is -2.52. The van der Waals surface area contributed by atoms with Gasteiger partial charge in [-0.2, -0.15) is 13.2 Å². The van der Waals surface area contributed by atoms with Crippen LogP contribution in [-0.2, 0) is 47.7 Å². The largest absolute Gasteiger partial charge is 0.448 e. The van der Waals surface area contributed by atoms with Crippen molar-refractivity contribution in [2.24, 2.45) is 11.8 Å². The molecule has 3 fully saturated rings. The van der Waals surface area contributed by atoms with Crippen LogP contribution in [0.3, 0.4) is 0 Å². The number of piperidine rings is 3. The summed E-state index contributed by atoms with van der Waals surface area (Å²) in [4.78, 5) is 85.1. The fourth-order valence-corrected chi connectivity index (χ4v) is 8.77. The number of benzene rings is 2. The maximum Gasteiger partial charge on any atom is 0.418 e. The molecule has 0 radical (unpaired) electrons. The molecule has 3 N–H and O–H groups in total. The normalized spacial score (nSPS) is 18.9. The molecule has 0 spiro atoms. The number of nitrogen functional groups attached to an aromatic ring is 1. The first-order valence-electron chi connectivity index (χ1n) is 20.2. The second kappa shape index (κ2) is 19.0. The van der Waals surface area contributed by atoms with E-state index in [2.05, 4.69) is 5.32 Å². The Labute approximate surface area is 351 Å². The van der Waals surface area contributed by atoms with Crippen LogP contribution in [0.4, 0.5) is 34.1 Å². The number of para-hydroxylation sites is 1. The van der Waals surface area contributed by atoms with Gasteiger partial charge in [0, 0.05) is 78.1 Å². The summed E-state index contributed by atoms with van der Waals surface area (Å²) in [5.74, 6) is -2.47. The highest BCUT2D eigenvalue weighted by Crippen LogP contribution is 2.39. The molecule has 3 saturated heterocycles. The summed E-state index contributed by atoms with van der Waals surface area (Å²) in [6.07, 6.45) is -3.40. The summed E-state index contributed by atoms with van der Waals surface area (Å²) in [7, 11) is 3.02. The number of hydrogen-bond donors (Lipinski definition) is 2. The number of esters is 1. The number of carbonyl (C=O) groups excluding carboxylic acids is 6. The Kier molecular flexibility index (Phi) is 14.0. The van der Waals surface area contributed by atoms with E-state index in [0.717, 1.165) is 17.3 Å². The average Bonchev–Trinajstić information content (AvgIpc) is 3.40. The molecule has 2 aromatic rings. The number of urea groups is 1. The highest BCUT2D eigenvalue weighted by Gasteiger charge is 2.39. The minimum Gasteiger partial charge on any atom is -0.448 e. The number of alkyl halides is 3. The van der Waals surface area contributed by atoms with Gasteiger partial charge in [0.2, 0.25) is 0 Å². The number of anilines is 2. The van der Waals surface area contributed by atoms with Crippen molar-refractivity contribution in [3.05, 3.63) is 58.1 Å². The van der Waals surface area contributed by atoms with E-state index in [-0.39, 0.29) is 54.0 Å². The van der Waals surface area contributed by atoms with E-state index in [1.807, 2.05) is 24.3 Å². The Hall–Kier alpha value is -5.26. The molecule has 15 nitrogen and oxygen atoms in total. The minimum atomic E-state index is -4.82. The van der Waals surface area contributed by atoms with Crippen LogP contribution < -0.4 is 11.1 Å². The van der Waals surface area contributed by atoms with E-state index in [1.165, 1.54) is 34.9 Å². The number of halogens is 4. The number of fused-ring (bicyclic) bond motifs is 1. The van der Waals surface area contributed by atoms with E-state index in [1.54, 1.807) is 9.80 Å². The molecule has 0 aromatic heterocycles. The molecule has 0 aliphatic carbocycles. The van der Waals surface area contributed by atoms with Crippen molar-refractivity contribution in [3.63, 3.8) is 0 Å². The average molecular weight is 862 g/mol. The molecular weight excluding hydrogens is 811 g/mol. The smallest absolute Gasteiger partial charge is 0.418 e. The third kappa shape index (κ3) is 10.5. The molecule has 4 aliphatic rings. The molecule has 0 saturated carbocycles. The molecular formula is C41H51ClF3N7O8. The second-order valence-electron chi connectivity index (χ2n) is 16.0. The minimum absolute atomic E-state index is 0.0175. The van der Waals surface area contributed by atoms with Crippen molar-refractivity contribution in [2.45, 2.75) is 69.7 Å².